The Morgan fingerprint density at radius 3 is 2.24 bits per heavy atom. The van der Waals surface area contributed by atoms with E-state index in [2.05, 4.69) is 17.6 Å². The Morgan fingerprint density at radius 1 is 1.03 bits per heavy atom. The number of benzene rings is 2. The Balaban J connectivity index is 1.99. The molecule has 3 rings (SSSR count). The number of carbonyl (C=O) groups excluding carboxylic acids is 3. The van der Waals surface area contributed by atoms with E-state index in [9.17, 15) is 14.4 Å². The van der Waals surface area contributed by atoms with Crippen LogP contribution >= 0.6 is 0 Å². The highest BCUT2D eigenvalue weighted by Crippen LogP contribution is 2.34. The first kappa shape index (κ1) is 29.2. The van der Waals surface area contributed by atoms with E-state index in [4.69, 9.17) is 4.74 Å². The Bertz CT molecular complexity index is 1060. The lowest BCUT2D eigenvalue weighted by Gasteiger charge is -2.43. The molecule has 38 heavy (non-hydrogen) atoms. The van der Waals surface area contributed by atoms with Crippen LogP contribution in [0.4, 0.5) is 4.79 Å². The highest BCUT2D eigenvalue weighted by atomic mass is 16.6. The molecule has 0 heterocycles. The molecule has 1 aliphatic carbocycles. The minimum absolute atomic E-state index is 0.0792. The van der Waals surface area contributed by atoms with E-state index in [0.717, 1.165) is 48.8 Å². The molecule has 1 saturated carbocycles. The topological polar surface area (TPSA) is 87.7 Å². The van der Waals surface area contributed by atoms with Crippen LogP contribution in [0.25, 0.3) is 0 Å². The fourth-order valence-corrected chi connectivity index (χ4v) is 4.53. The first-order chi connectivity index (χ1) is 18.1. The molecule has 2 atom stereocenters. The second-order valence-corrected chi connectivity index (χ2v) is 11.2. The van der Waals surface area contributed by atoms with Crippen molar-refractivity contribution in [2.45, 2.75) is 96.9 Å². The van der Waals surface area contributed by atoms with Crippen LogP contribution in [-0.2, 0) is 20.7 Å². The van der Waals surface area contributed by atoms with E-state index in [1.54, 1.807) is 25.7 Å². The first-order valence-corrected chi connectivity index (χ1v) is 13.8. The number of unbranched alkanes of at least 4 members (excludes halogenated alkanes) is 1. The summed E-state index contributed by atoms with van der Waals surface area (Å²) < 4.78 is 5.51. The molecule has 2 aromatic rings. The third-order valence-electron chi connectivity index (χ3n) is 6.74. The van der Waals surface area contributed by atoms with Gasteiger partial charge in [0.25, 0.3) is 0 Å². The zero-order chi connectivity index (χ0) is 27.7. The van der Waals surface area contributed by atoms with Gasteiger partial charge in [0.2, 0.25) is 11.8 Å². The Morgan fingerprint density at radius 2 is 1.68 bits per heavy atom. The summed E-state index contributed by atoms with van der Waals surface area (Å²) >= 11 is 0. The fraction of sp³-hybridized carbons (Fsp3) is 0.516. The van der Waals surface area contributed by atoms with E-state index in [-0.39, 0.29) is 17.9 Å². The second-order valence-electron chi connectivity index (χ2n) is 11.2. The van der Waals surface area contributed by atoms with Crippen molar-refractivity contribution in [1.82, 2.24) is 15.5 Å². The summed E-state index contributed by atoms with van der Waals surface area (Å²) in [6.45, 7) is 9.98. The van der Waals surface area contributed by atoms with Gasteiger partial charge in [-0.1, -0.05) is 73.5 Å². The van der Waals surface area contributed by atoms with Crippen LogP contribution in [-0.4, -0.2) is 47.0 Å². The molecule has 1 fully saturated rings. The number of alkyl carbamates (subject to hydrolysis) is 1. The number of nitrogens with one attached hydrogen (secondary N) is 2. The van der Waals surface area contributed by atoms with Gasteiger partial charge in [-0.15, -0.1) is 0 Å². The molecule has 1 aliphatic rings. The van der Waals surface area contributed by atoms with Crippen molar-refractivity contribution in [1.29, 1.82) is 0 Å². The van der Waals surface area contributed by atoms with Gasteiger partial charge in [0.05, 0.1) is 0 Å². The molecule has 7 nitrogen and oxygen atoms in total. The zero-order valence-electron chi connectivity index (χ0n) is 23.5. The highest BCUT2D eigenvalue weighted by Gasteiger charge is 2.42. The minimum atomic E-state index is -0.885. The standard InChI is InChI=1S/C31H43N3O4/c1-6-7-20-32-28(35)27(24-18-16-22(2)17-19-24)34(25-14-11-15-25)29(36)26(21-23-12-9-8-10-13-23)33-30(37)38-31(3,4)5/h8-10,12-13,16-19,25-27H,6-7,11,14-15,20-21H2,1-5H3,(H,32,35)(H,33,37). The van der Waals surface area contributed by atoms with Crippen LogP contribution in [0.2, 0.25) is 0 Å². The average molecular weight is 522 g/mol. The van der Waals surface area contributed by atoms with Crippen molar-refractivity contribution in [2.75, 3.05) is 6.54 Å². The monoisotopic (exact) mass is 521 g/mol. The summed E-state index contributed by atoms with van der Waals surface area (Å²) in [5.74, 6) is -0.473. The van der Waals surface area contributed by atoms with E-state index >= 15 is 0 Å². The van der Waals surface area contributed by atoms with Gasteiger partial charge < -0.3 is 20.3 Å². The third kappa shape index (κ3) is 8.33. The lowest BCUT2D eigenvalue weighted by molar-refractivity contribution is -0.147. The number of hydrogen-bond acceptors (Lipinski definition) is 4. The van der Waals surface area contributed by atoms with E-state index in [1.807, 2.05) is 61.5 Å². The molecule has 3 amide bonds. The van der Waals surface area contributed by atoms with Gasteiger partial charge in [-0.2, -0.15) is 0 Å². The van der Waals surface area contributed by atoms with E-state index in [0.29, 0.717) is 13.0 Å². The molecule has 0 spiro atoms. The lowest BCUT2D eigenvalue weighted by atomic mass is 9.87. The van der Waals surface area contributed by atoms with Gasteiger partial charge in [-0.3, -0.25) is 9.59 Å². The molecule has 0 aromatic heterocycles. The van der Waals surface area contributed by atoms with Gasteiger partial charge in [0.15, 0.2) is 0 Å². The molecule has 0 bridgehead atoms. The summed E-state index contributed by atoms with van der Waals surface area (Å²) in [4.78, 5) is 42.6. The Kier molecular flexibility index (Phi) is 10.3. The van der Waals surface area contributed by atoms with Crippen molar-refractivity contribution in [3.8, 4) is 0 Å². The molecule has 7 heteroatoms. The Labute approximate surface area is 227 Å². The molecule has 0 radical (unpaired) electrons. The van der Waals surface area contributed by atoms with Gasteiger partial charge in [-0.05, 0) is 64.5 Å². The molecule has 2 unspecified atom stereocenters. The van der Waals surface area contributed by atoms with Crippen molar-refractivity contribution in [3.63, 3.8) is 0 Å². The van der Waals surface area contributed by atoms with Crippen LogP contribution in [0.1, 0.15) is 82.5 Å². The summed E-state index contributed by atoms with van der Waals surface area (Å²) in [6, 6.07) is 15.6. The number of ether oxygens (including phenoxy) is 1. The third-order valence-corrected chi connectivity index (χ3v) is 6.74. The number of carbonyl (C=O) groups is 3. The molecular formula is C31H43N3O4. The molecule has 206 valence electrons. The van der Waals surface area contributed by atoms with Crippen molar-refractivity contribution in [2.24, 2.45) is 0 Å². The van der Waals surface area contributed by atoms with Crippen molar-refractivity contribution >= 4 is 17.9 Å². The van der Waals surface area contributed by atoms with Crippen LogP contribution in [0.3, 0.4) is 0 Å². The SMILES string of the molecule is CCCCNC(=O)C(c1ccc(C)cc1)N(C(=O)C(Cc1ccccc1)NC(=O)OC(C)(C)C)C1CCC1. The first-order valence-electron chi connectivity index (χ1n) is 13.8. The van der Waals surface area contributed by atoms with Crippen molar-refractivity contribution in [3.05, 3.63) is 71.3 Å². The van der Waals surface area contributed by atoms with E-state index < -0.39 is 23.8 Å². The number of amides is 3. The number of aryl methyl sites for hydroxylation is 1. The largest absolute Gasteiger partial charge is 0.444 e. The van der Waals surface area contributed by atoms with Gasteiger partial charge in [-0.25, -0.2) is 4.79 Å². The number of rotatable bonds is 11. The van der Waals surface area contributed by atoms with Crippen LogP contribution in [0.5, 0.6) is 0 Å². The lowest BCUT2D eigenvalue weighted by Crippen LogP contribution is -2.58. The minimum Gasteiger partial charge on any atom is -0.444 e. The zero-order valence-corrected chi connectivity index (χ0v) is 23.5. The molecule has 0 saturated heterocycles. The number of nitrogens with zero attached hydrogens (tertiary/aromatic N) is 1. The van der Waals surface area contributed by atoms with Crippen LogP contribution < -0.4 is 10.6 Å². The van der Waals surface area contributed by atoms with E-state index in [1.165, 1.54) is 0 Å². The predicted octanol–water partition coefficient (Wildman–Crippen LogP) is 5.47. The molecule has 2 aromatic carbocycles. The van der Waals surface area contributed by atoms with Crippen molar-refractivity contribution < 1.29 is 19.1 Å². The Hall–Kier alpha value is -3.35. The van der Waals surface area contributed by atoms with Gasteiger partial charge in [0, 0.05) is 19.0 Å². The predicted molar refractivity (Wildman–Crippen MR) is 150 cm³/mol. The maximum absolute atomic E-state index is 14.4. The smallest absolute Gasteiger partial charge is 0.408 e. The highest BCUT2D eigenvalue weighted by molar-refractivity contribution is 5.92. The molecule has 2 N–H and O–H groups in total. The van der Waals surface area contributed by atoms with Crippen LogP contribution in [0.15, 0.2) is 54.6 Å². The normalized spacial score (nSPS) is 15.1. The van der Waals surface area contributed by atoms with Gasteiger partial charge >= 0.3 is 6.09 Å². The average Bonchev–Trinajstić information content (AvgIpc) is 2.82. The summed E-state index contributed by atoms with van der Waals surface area (Å²) in [6.07, 6.45) is 4.09. The maximum Gasteiger partial charge on any atom is 0.408 e. The van der Waals surface area contributed by atoms with Gasteiger partial charge in [0.1, 0.15) is 17.7 Å². The maximum atomic E-state index is 14.4. The fourth-order valence-electron chi connectivity index (χ4n) is 4.53. The second kappa shape index (κ2) is 13.4. The summed E-state index contributed by atoms with van der Waals surface area (Å²) in [5, 5.41) is 5.88. The van der Waals surface area contributed by atoms with Crippen LogP contribution in [0, 0.1) is 6.92 Å². The summed E-state index contributed by atoms with van der Waals surface area (Å²) in [7, 11) is 0. The quantitative estimate of drug-likeness (QED) is 0.384. The number of hydrogen-bond donors (Lipinski definition) is 2. The summed E-state index contributed by atoms with van der Waals surface area (Å²) in [5.41, 5.74) is 2.05. The molecule has 0 aliphatic heterocycles. The molecular weight excluding hydrogens is 478 g/mol.